The summed E-state index contributed by atoms with van der Waals surface area (Å²) in [5.74, 6) is 0.428. The van der Waals surface area contributed by atoms with Crippen LogP contribution in [0.3, 0.4) is 0 Å². The fourth-order valence-corrected chi connectivity index (χ4v) is 7.20. The third-order valence-corrected chi connectivity index (χ3v) is 9.24. The summed E-state index contributed by atoms with van der Waals surface area (Å²) in [6.07, 6.45) is 1.62. The number of hydrogen-bond acceptors (Lipinski definition) is 4. The fourth-order valence-electron chi connectivity index (χ4n) is 7.20. The Bertz CT molecular complexity index is 1560. The van der Waals surface area contributed by atoms with Crippen LogP contribution >= 0.6 is 0 Å². The van der Waals surface area contributed by atoms with Gasteiger partial charge in [0.05, 0.1) is 7.11 Å². The standard InChI is InChI=1S/C37H36N2O4/c1-43-33-20-12-11-15-27(33)23-34(38-35(36(41)42)26-13-5-2-6-14-26)39-24-30-31(25-39)37(22-21-32(30)40,28-16-7-3-8-17-28)29-18-9-4-10-19-29/h2-20,30-31,35H,21-25H2,1H3,(H,41,42)/t30?,31?,35-/m0/s1. The number of carbonyl (C=O) groups excluding carboxylic acids is 1. The number of likely N-dealkylation sites (tertiary alicyclic amines) is 1. The average Bonchev–Trinajstić information content (AvgIpc) is 3.52. The monoisotopic (exact) mass is 572 g/mol. The molecule has 1 aliphatic carbocycles. The number of rotatable bonds is 8. The highest BCUT2D eigenvalue weighted by molar-refractivity contribution is 5.91. The van der Waals surface area contributed by atoms with E-state index in [2.05, 4.69) is 53.4 Å². The van der Waals surface area contributed by atoms with E-state index in [1.165, 1.54) is 11.1 Å². The minimum Gasteiger partial charge on any atom is -0.496 e. The van der Waals surface area contributed by atoms with Crippen molar-refractivity contribution in [1.82, 2.24) is 4.90 Å². The van der Waals surface area contributed by atoms with E-state index in [1.54, 1.807) is 19.2 Å². The first-order valence-electron chi connectivity index (χ1n) is 14.9. The van der Waals surface area contributed by atoms with Crippen molar-refractivity contribution in [2.24, 2.45) is 16.8 Å². The molecule has 0 aromatic heterocycles. The molecule has 4 aromatic carbocycles. The Morgan fingerprint density at radius 3 is 2.07 bits per heavy atom. The highest BCUT2D eigenvalue weighted by atomic mass is 16.5. The number of aliphatic carboxylic acids is 1. The molecule has 0 bridgehead atoms. The summed E-state index contributed by atoms with van der Waals surface area (Å²) in [7, 11) is 1.64. The molecular weight excluding hydrogens is 536 g/mol. The highest BCUT2D eigenvalue weighted by Gasteiger charge is 2.55. The lowest BCUT2D eigenvalue weighted by Crippen LogP contribution is -2.47. The van der Waals surface area contributed by atoms with Gasteiger partial charge in [-0.1, -0.05) is 109 Å². The first-order valence-corrected chi connectivity index (χ1v) is 14.9. The van der Waals surface area contributed by atoms with E-state index in [-0.39, 0.29) is 23.0 Å². The summed E-state index contributed by atoms with van der Waals surface area (Å²) in [6, 6.07) is 36.9. The van der Waals surface area contributed by atoms with Gasteiger partial charge in [-0.15, -0.1) is 0 Å². The molecule has 0 spiro atoms. The fraction of sp³-hybridized carbons (Fsp3) is 0.270. The number of methoxy groups -OCH3 is 1. The van der Waals surface area contributed by atoms with Gasteiger partial charge in [0.15, 0.2) is 6.04 Å². The summed E-state index contributed by atoms with van der Waals surface area (Å²) < 4.78 is 5.66. The van der Waals surface area contributed by atoms with Crippen molar-refractivity contribution in [1.29, 1.82) is 0 Å². The van der Waals surface area contributed by atoms with E-state index < -0.39 is 12.0 Å². The number of carboxylic acids is 1. The van der Waals surface area contributed by atoms with Crippen LogP contribution in [0, 0.1) is 11.8 Å². The molecule has 1 heterocycles. The van der Waals surface area contributed by atoms with Gasteiger partial charge in [0.25, 0.3) is 0 Å². The molecule has 218 valence electrons. The smallest absolute Gasteiger partial charge is 0.333 e. The first-order chi connectivity index (χ1) is 21.0. The Morgan fingerprint density at radius 2 is 1.47 bits per heavy atom. The number of amidine groups is 1. The Hall–Kier alpha value is -4.71. The molecule has 1 saturated carbocycles. The molecule has 1 saturated heterocycles. The number of carbonyl (C=O) groups is 2. The molecular formula is C37H36N2O4. The number of fused-ring (bicyclic) bond motifs is 1. The molecule has 6 heteroatoms. The van der Waals surface area contributed by atoms with Crippen LogP contribution < -0.4 is 4.74 Å². The van der Waals surface area contributed by atoms with Gasteiger partial charge in [-0.2, -0.15) is 0 Å². The number of para-hydroxylation sites is 1. The van der Waals surface area contributed by atoms with Crippen LogP contribution in [0.2, 0.25) is 0 Å². The van der Waals surface area contributed by atoms with Gasteiger partial charge in [-0.25, -0.2) is 4.79 Å². The predicted molar refractivity (Wildman–Crippen MR) is 167 cm³/mol. The Balaban J connectivity index is 1.46. The number of nitrogens with zero attached hydrogens (tertiary/aromatic N) is 2. The van der Waals surface area contributed by atoms with E-state index in [4.69, 9.17) is 9.73 Å². The van der Waals surface area contributed by atoms with Crippen LogP contribution in [0.4, 0.5) is 0 Å². The second-order valence-electron chi connectivity index (χ2n) is 11.5. The molecule has 2 aliphatic rings. The minimum absolute atomic E-state index is 0.00132. The number of hydrogen-bond donors (Lipinski definition) is 1. The maximum absolute atomic E-state index is 13.6. The van der Waals surface area contributed by atoms with E-state index >= 15 is 0 Å². The molecule has 2 fully saturated rings. The van der Waals surface area contributed by atoms with Crippen LogP contribution in [-0.2, 0) is 21.4 Å². The maximum atomic E-state index is 13.6. The summed E-state index contributed by atoms with van der Waals surface area (Å²) in [6.45, 7) is 1.09. The number of benzene rings is 4. The van der Waals surface area contributed by atoms with Crippen LogP contribution in [0.1, 0.15) is 41.1 Å². The number of ketones is 1. The molecule has 6 rings (SSSR count). The van der Waals surface area contributed by atoms with Crippen molar-refractivity contribution in [2.45, 2.75) is 30.7 Å². The Kier molecular flexibility index (Phi) is 8.10. The van der Waals surface area contributed by atoms with Crippen molar-refractivity contribution in [3.05, 3.63) is 138 Å². The zero-order chi connectivity index (χ0) is 29.8. The van der Waals surface area contributed by atoms with Gasteiger partial charge in [-0.05, 0) is 29.2 Å². The molecule has 0 amide bonds. The van der Waals surface area contributed by atoms with Gasteiger partial charge in [0.2, 0.25) is 0 Å². The van der Waals surface area contributed by atoms with Crippen molar-refractivity contribution >= 4 is 17.6 Å². The Morgan fingerprint density at radius 1 is 0.884 bits per heavy atom. The van der Waals surface area contributed by atoms with Gasteiger partial charge >= 0.3 is 5.97 Å². The normalized spacial score (nSPS) is 20.3. The molecule has 3 atom stereocenters. The van der Waals surface area contributed by atoms with E-state index in [0.29, 0.717) is 37.3 Å². The molecule has 2 unspecified atom stereocenters. The van der Waals surface area contributed by atoms with Gasteiger partial charge < -0.3 is 14.7 Å². The second kappa shape index (κ2) is 12.3. The Labute approximate surface area is 252 Å². The minimum atomic E-state index is -1.07. The largest absolute Gasteiger partial charge is 0.496 e. The van der Waals surface area contributed by atoms with E-state index in [9.17, 15) is 14.7 Å². The topological polar surface area (TPSA) is 79.2 Å². The number of aliphatic imine (C=N–C) groups is 1. The van der Waals surface area contributed by atoms with Gasteiger partial charge in [0, 0.05) is 48.7 Å². The lowest BCUT2D eigenvalue weighted by Gasteiger charge is -2.45. The summed E-state index contributed by atoms with van der Waals surface area (Å²) in [4.78, 5) is 33.3. The molecule has 1 N–H and O–H groups in total. The van der Waals surface area contributed by atoms with Gasteiger partial charge in [0.1, 0.15) is 17.4 Å². The highest BCUT2D eigenvalue weighted by Crippen LogP contribution is 2.52. The van der Waals surface area contributed by atoms with Crippen molar-refractivity contribution in [2.75, 3.05) is 20.2 Å². The quantitative estimate of drug-likeness (QED) is 0.196. The van der Waals surface area contributed by atoms with Crippen molar-refractivity contribution in [3.8, 4) is 5.75 Å². The average molecular weight is 573 g/mol. The second-order valence-corrected chi connectivity index (χ2v) is 11.5. The lowest BCUT2D eigenvalue weighted by atomic mass is 9.56. The van der Waals surface area contributed by atoms with Crippen LogP contribution in [-0.4, -0.2) is 47.8 Å². The lowest BCUT2D eigenvalue weighted by molar-refractivity contribution is -0.138. The summed E-state index contributed by atoms with van der Waals surface area (Å²) >= 11 is 0. The van der Waals surface area contributed by atoms with Crippen molar-refractivity contribution < 1.29 is 19.4 Å². The van der Waals surface area contributed by atoms with Crippen molar-refractivity contribution in [3.63, 3.8) is 0 Å². The zero-order valence-corrected chi connectivity index (χ0v) is 24.3. The first kappa shape index (κ1) is 28.4. The maximum Gasteiger partial charge on any atom is 0.333 e. The molecule has 0 radical (unpaired) electrons. The van der Waals surface area contributed by atoms with E-state index in [1.807, 2.05) is 54.6 Å². The van der Waals surface area contributed by atoms with E-state index in [0.717, 1.165) is 17.7 Å². The molecule has 4 aromatic rings. The zero-order valence-electron chi connectivity index (χ0n) is 24.3. The molecule has 1 aliphatic heterocycles. The molecule has 43 heavy (non-hydrogen) atoms. The van der Waals surface area contributed by atoms with Crippen LogP contribution in [0.5, 0.6) is 5.75 Å². The third-order valence-electron chi connectivity index (χ3n) is 9.24. The SMILES string of the molecule is COc1ccccc1CC(=N[C@H](C(=O)O)c1ccccc1)N1CC2C(=O)CCC(c3ccccc3)(c3ccccc3)C2C1. The molecule has 6 nitrogen and oxygen atoms in total. The van der Waals surface area contributed by atoms with Crippen LogP contribution in [0.25, 0.3) is 0 Å². The summed E-state index contributed by atoms with van der Waals surface area (Å²) in [5, 5.41) is 10.3. The number of Topliss-reactive ketones (excluding diaryl/α,β-unsaturated/α-hetero) is 1. The summed E-state index contributed by atoms with van der Waals surface area (Å²) in [5.41, 5.74) is 3.60. The van der Waals surface area contributed by atoms with Crippen LogP contribution in [0.15, 0.2) is 120 Å². The van der Waals surface area contributed by atoms with Gasteiger partial charge in [-0.3, -0.25) is 9.79 Å². The third kappa shape index (κ3) is 5.45. The number of ether oxygens (including phenoxy) is 1. The predicted octanol–water partition coefficient (Wildman–Crippen LogP) is 6.36. The number of carboxylic acid groups (broad SMARTS) is 1.